The van der Waals surface area contributed by atoms with Gasteiger partial charge >= 0.3 is 0 Å². The summed E-state index contributed by atoms with van der Waals surface area (Å²) in [6, 6.07) is 5.04. The fourth-order valence-corrected chi connectivity index (χ4v) is 3.04. The van der Waals surface area contributed by atoms with E-state index in [4.69, 9.17) is 0 Å². The minimum absolute atomic E-state index is 0.0351. The van der Waals surface area contributed by atoms with Gasteiger partial charge in [-0.05, 0) is 44.6 Å². The van der Waals surface area contributed by atoms with Gasteiger partial charge < -0.3 is 5.32 Å². The SMILES string of the molecule is O=c1cccnn1C1CCC(NC2CCC2)CC1. The van der Waals surface area contributed by atoms with Crippen LogP contribution < -0.4 is 10.9 Å². The average Bonchev–Trinajstić information content (AvgIpc) is 2.35. The predicted octanol–water partition coefficient (Wildman–Crippen LogP) is 1.87. The summed E-state index contributed by atoms with van der Waals surface area (Å²) in [6.45, 7) is 0. The number of aromatic nitrogens is 2. The molecule has 0 spiro atoms. The molecule has 0 atom stereocenters. The molecule has 0 aliphatic heterocycles. The van der Waals surface area contributed by atoms with Gasteiger partial charge in [0.1, 0.15) is 0 Å². The van der Waals surface area contributed by atoms with Crippen molar-refractivity contribution in [2.45, 2.75) is 63.1 Å². The Morgan fingerprint density at radius 2 is 1.83 bits per heavy atom. The molecule has 2 aliphatic rings. The molecule has 2 aliphatic carbocycles. The molecule has 0 radical (unpaired) electrons. The van der Waals surface area contributed by atoms with Gasteiger partial charge in [-0.2, -0.15) is 5.10 Å². The normalized spacial score (nSPS) is 28.9. The summed E-state index contributed by atoms with van der Waals surface area (Å²) >= 11 is 0. The average molecular weight is 247 g/mol. The van der Waals surface area contributed by atoms with Gasteiger partial charge in [0.15, 0.2) is 0 Å². The van der Waals surface area contributed by atoms with E-state index in [0.717, 1.165) is 18.9 Å². The fourth-order valence-electron chi connectivity index (χ4n) is 3.04. The first kappa shape index (κ1) is 11.9. The number of nitrogens with zero attached hydrogens (tertiary/aromatic N) is 2. The minimum Gasteiger partial charge on any atom is -0.311 e. The molecule has 98 valence electrons. The van der Waals surface area contributed by atoms with Crippen molar-refractivity contribution in [2.24, 2.45) is 0 Å². The Morgan fingerprint density at radius 3 is 2.44 bits per heavy atom. The van der Waals surface area contributed by atoms with E-state index in [-0.39, 0.29) is 5.56 Å². The summed E-state index contributed by atoms with van der Waals surface area (Å²) in [7, 11) is 0. The van der Waals surface area contributed by atoms with Crippen molar-refractivity contribution < 1.29 is 0 Å². The Morgan fingerprint density at radius 1 is 1.11 bits per heavy atom. The first-order valence-electron chi connectivity index (χ1n) is 7.13. The van der Waals surface area contributed by atoms with Gasteiger partial charge in [0, 0.05) is 24.3 Å². The van der Waals surface area contributed by atoms with Crippen LogP contribution in [0.15, 0.2) is 23.1 Å². The highest BCUT2D eigenvalue weighted by Crippen LogP contribution is 2.28. The summed E-state index contributed by atoms with van der Waals surface area (Å²) in [5.74, 6) is 0. The third kappa shape index (κ3) is 2.48. The van der Waals surface area contributed by atoms with Crippen LogP contribution in [-0.4, -0.2) is 21.9 Å². The Balaban J connectivity index is 1.56. The molecule has 0 aromatic carbocycles. The van der Waals surface area contributed by atoms with Crippen LogP contribution in [0.5, 0.6) is 0 Å². The van der Waals surface area contributed by atoms with Gasteiger partial charge in [-0.1, -0.05) is 6.42 Å². The van der Waals surface area contributed by atoms with E-state index >= 15 is 0 Å². The van der Waals surface area contributed by atoms with Gasteiger partial charge in [0.2, 0.25) is 0 Å². The van der Waals surface area contributed by atoms with Gasteiger partial charge in [0.25, 0.3) is 5.56 Å². The molecule has 2 fully saturated rings. The monoisotopic (exact) mass is 247 g/mol. The van der Waals surface area contributed by atoms with E-state index in [1.54, 1.807) is 23.0 Å². The molecule has 4 nitrogen and oxygen atoms in total. The molecule has 0 bridgehead atoms. The number of hydrogen-bond donors (Lipinski definition) is 1. The van der Waals surface area contributed by atoms with Crippen LogP contribution in [0.1, 0.15) is 51.0 Å². The first-order valence-corrected chi connectivity index (χ1v) is 7.13. The molecular weight excluding hydrogens is 226 g/mol. The van der Waals surface area contributed by atoms with Crippen LogP contribution in [0.2, 0.25) is 0 Å². The zero-order valence-electron chi connectivity index (χ0n) is 10.7. The van der Waals surface area contributed by atoms with E-state index in [1.807, 2.05) is 0 Å². The summed E-state index contributed by atoms with van der Waals surface area (Å²) in [6.07, 6.45) is 10.3. The molecule has 4 heteroatoms. The van der Waals surface area contributed by atoms with Crippen molar-refractivity contribution in [1.29, 1.82) is 0 Å². The second-order valence-electron chi connectivity index (χ2n) is 5.61. The standard InChI is InChI=1S/C14H21N3O/c18-14-5-2-10-15-17(14)13-8-6-12(7-9-13)16-11-3-1-4-11/h2,5,10-13,16H,1,3-4,6-9H2. The third-order valence-electron chi connectivity index (χ3n) is 4.36. The number of rotatable bonds is 3. The first-order chi connectivity index (χ1) is 8.83. The van der Waals surface area contributed by atoms with Crippen molar-refractivity contribution in [3.63, 3.8) is 0 Å². The topological polar surface area (TPSA) is 46.9 Å². The highest BCUT2D eigenvalue weighted by atomic mass is 16.1. The lowest BCUT2D eigenvalue weighted by molar-refractivity contribution is 0.226. The van der Waals surface area contributed by atoms with E-state index in [9.17, 15) is 4.79 Å². The zero-order chi connectivity index (χ0) is 12.4. The smallest absolute Gasteiger partial charge is 0.266 e. The lowest BCUT2D eigenvalue weighted by atomic mass is 9.87. The maximum Gasteiger partial charge on any atom is 0.266 e. The highest BCUT2D eigenvalue weighted by Gasteiger charge is 2.26. The van der Waals surface area contributed by atoms with E-state index in [0.29, 0.717) is 12.1 Å². The summed E-state index contributed by atoms with van der Waals surface area (Å²) < 4.78 is 1.67. The lowest BCUT2D eigenvalue weighted by Gasteiger charge is -2.35. The lowest BCUT2D eigenvalue weighted by Crippen LogP contribution is -2.44. The maximum atomic E-state index is 11.7. The summed E-state index contributed by atoms with van der Waals surface area (Å²) in [4.78, 5) is 11.7. The van der Waals surface area contributed by atoms with Gasteiger partial charge in [0.05, 0.1) is 6.04 Å². The van der Waals surface area contributed by atoms with Crippen LogP contribution >= 0.6 is 0 Å². The molecule has 1 N–H and O–H groups in total. The molecule has 0 saturated heterocycles. The quantitative estimate of drug-likeness (QED) is 0.887. The van der Waals surface area contributed by atoms with Crippen molar-refractivity contribution in [3.05, 3.63) is 28.7 Å². The van der Waals surface area contributed by atoms with E-state index in [1.165, 1.54) is 32.1 Å². The summed E-state index contributed by atoms with van der Waals surface area (Å²) in [5, 5.41) is 7.93. The van der Waals surface area contributed by atoms with Gasteiger partial charge in [-0.25, -0.2) is 4.68 Å². The second-order valence-corrected chi connectivity index (χ2v) is 5.61. The minimum atomic E-state index is 0.0351. The number of hydrogen-bond acceptors (Lipinski definition) is 3. The fraction of sp³-hybridized carbons (Fsp3) is 0.714. The molecule has 1 aromatic heterocycles. The Kier molecular flexibility index (Phi) is 3.46. The second kappa shape index (κ2) is 5.22. The van der Waals surface area contributed by atoms with Crippen molar-refractivity contribution >= 4 is 0 Å². The van der Waals surface area contributed by atoms with Crippen molar-refractivity contribution in [3.8, 4) is 0 Å². The molecule has 2 saturated carbocycles. The highest BCUT2D eigenvalue weighted by molar-refractivity contribution is 4.90. The molecule has 18 heavy (non-hydrogen) atoms. The molecular formula is C14H21N3O. The maximum absolute atomic E-state index is 11.7. The van der Waals surface area contributed by atoms with Crippen molar-refractivity contribution in [1.82, 2.24) is 15.1 Å². The van der Waals surface area contributed by atoms with E-state index < -0.39 is 0 Å². The zero-order valence-corrected chi connectivity index (χ0v) is 10.7. The van der Waals surface area contributed by atoms with Crippen LogP contribution in [0.4, 0.5) is 0 Å². The van der Waals surface area contributed by atoms with Crippen LogP contribution in [0, 0.1) is 0 Å². The van der Waals surface area contributed by atoms with Gasteiger partial charge in [-0.3, -0.25) is 4.79 Å². The molecule has 1 aromatic rings. The molecule has 3 rings (SSSR count). The molecule has 0 unspecified atom stereocenters. The van der Waals surface area contributed by atoms with Gasteiger partial charge in [-0.15, -0.1) is 0 Å². The van der Waals surface area contributed by atoms with Crippen LogP contribution in [0.25, 0.3) is 0 Å². The Labute approximate surface area is 107 Å². The van der Waals surface area contributed by atoms with Crippen molar-refractivity contribution in [2.75, 3.05) is 0 Å². The van der Waals surface area contributed by atoms with E-state index in [2.05, 4.69) is 10.4 Å². The Hall–Kier alpha value is -1.16. The Bertz CT molecular complexity index is 444. The third-order valence-corrected chi connectivity index (χ3v) is 4.36. The predicted molar refractivity (Wildman–Crippen MR) is 70.6 cm³/mol. The van der Waals surface area contributed by atoms with Crippen LogP contribution in [0.3, 0.4) is 0 Å². The number of nitrogens with one attached hydrogen (secondary N) is 1. The largest absolute Gasteiger partial charge is 0.311 e. The summed E-state index contributed by atoms with van der Waals surface area (Å²) in [5.41, 5.74) is 0.0351. The molecule has 0 amide bonds. The van der Waals surface area contributed by atoms with Crippen LogP contribution in [-0.2, 0) is 0 Å². The molecule has 1 heterocycles.